The van der Waals surface area contributed by atoms with Crippen LogP contribution in [0.4, 0.5) is 0 Å². The summed E-state index contributed by atoms with van der Waals surface area (Å²) in [6.45, 7) is 4.24. The number of aliphatic hydroxyl groups excluding tert-OH is 2. The van der Waals surface area contributed by atoms with Crippen LogP contribution in [0.25, 0.3) is 0 Å². The van der Waals surface area contributed by atoms with E-state index in [4.69, 9.17) is 0 Å². The molecule has 0 aliphatic carbocycles. The molecule has 6 nitrogen and oxygen atoms in total. The maximum absolute atomic E-state index is 12.2. The molecule has 0 aliphatic heterocycles. The Morgan fingerprint density at radius 2 is 1.81 bits per heavy atom. The lowest BCUT2D eigenvalue weighted by molar-refractivity contribution is -0.138. The molecule has 0 unspecified atom stereocenters. The van der Waals surface area contributed by atoms with Crippen molar-refractivity contribution >= 4 is 11.8 Å². The van der Waals surface area contributed by atoms with Crippen molar-refractivity contribution in [1.82, 2.24) is 10.6 Å². The van der Waals surface area contributed by atoms with Gasteiger partial charge in [0, 0.05) is 24.9 Å². The minimum atomic E-state index is -1.36. The number of rotatable bonds is 12. The summed E-state index contributed by atoms with van der Waals surface area (Å²) in [7, 11) is 0. The number of amides is 2. The molecule has 0 heterocycles. The first-order valence-corrected chi connectivity index (χ1v) is 9.30. The summed E-state index contributed by atoms with van der Waals surface area (Å²) in [5.74, 6) is -0.693. The summed E-state index contributed by atoms with van der Waals surface area (Å²) < 4.78 is 0. The van der Waals surface area contributed by atoms with E-state index in [2.05, 4.69) is 17.6 Å². The van der Waals surface area contributed by atoms with Crippen molar-refractivity contribution in [3.63, 3.8) is 0 Å². The number of aliphatic hydroxyl groups is 2. The summed E-state index contributed by atoms with van der Waals surface area (Å²) in [4.78, 5) is 23.9. The standard InChI is InChI=1S/C20H32N2O4/c1-3-4-8-12-21-17(24)11-13-22-19(26)18(25)20(2,15-23)14-16-9-6-5-7-10-16/h5-7,9-10,18,23,25H,3-4,8,11-15H2,1-2H3,(H,21,24)(H,22,26)/t18-,20+/m0/s1. The molecule has 0 bridgehead atoms. The Morgan fingerprint density at radius 3 is 2.42 bits per heavy atom. The lowest BCUT2D eigenvalue weighted by Gasteiger charge is -2.32. The first-order valence-electron chi connectivity index (χ1n) is 9.30. The Hall–Kier alpha value is -1.92. The highest BCUT2D eigenvalue weighted by atomic mass is 16.3. The largest absolute Gasteiger partial charge is 0.396 e. The van der Waals surface area contributed by atoms with Gasteiger partial charge >= 0.3 is 0 Å². The highest BCUT2D eigenvalue weighted by molar-refractivity contribution is 5.82. The lowest BCUT2D eigenvalue weighted by atomic mass is 9.78. The predicted molar refractivity (Wildman–Crippen MR) is 102 cm³/mol. The molecule has 1 aromatic rings. The van der Waals surface area contributed by atoms with E-state index in [1.165, 1.54) is 0 Å². The number of carbonyl (C=O) groups excluding carboxylic acids is 2. The molecule has 2 atom stereocenters. The monoisotopic (exact) mass is 364 g/mol. The van der Waals surface area contributed by atoms with Crippen molar-refractivity contribution in [2.75, 3.05) is 19.7 Å². The molecule has 0 radical (unpaired) electrons. The molecule has 0 aliphatic rings. The van der Waals surface area contributed by atoms with Gasteiger partial charge in [-0.1, -0.05) is 57.0 Å². The summed E-state index contributed by atoms with van der Waals surface area (Å²) in [6.07, 6.45) is 2.29. The molecule has 1 rings (SSSR count). The normalized spacial score (nSPS) is 14.3. The number of unbranched alkanes of at least 4 members (excludes halogenated alkanes) is 2. The maximum Gasteiger partial charge on any atom is 0.249 e. The summed E-state index contributed by atoms with van der Waals surface area (Å²) >= 11 is 0. The van der Waals surface area contributed by atoms with Gasteiger partial charge in [0.15, 0.2) is 0 Å². The number of benzene rings is 1. The zero-order valence-corrected chi connectivity index (χ0v) is 15.8. The highest BCUT2D eigenvalue weighted by Crippen LogP contribution is 2.26. The lowest BCUT2D eigenvalue weighted by Crippen LogP contribution is -2.48. The smallest absolute Gasteiger partial charge is 0.249 e. The van der Waals surface area contributed by atoms with E-state index in [9.17, 15) is 19.8 Å². The Balaban J connectivity index is 2.43. The van der Waals surface area contributed by atoms with Crippen LogP contribution in [0, 0.1) is 5.41 Å². The van der Waals surface area contributed by atoms with Gasteiger partial charge in [-0.3, -0.25) is 9.59 Å². The summed E-state index contributed by atoms with van der Waals surface area (Å²) in [5, 5.41) is 25.5. The van der Waals surface area contributed by atoms with Crippen molar-refractivity contribution in [2.45, 2.75) is 52.1 Å². The average molecular weight is 364 g/mol. The van der Waals surface area contributed by atoms with E-state index in [1.54, 1.807) is 6.92 Å². The first kappa shape index (κ1) is 22.1. The van der Waals surface area contributed by atoms with Gasteiger partial charge in [-0.05, 0) is 18.4 Å². The number of hydrogen-bond acceptors (Lipinski definition) is 4. The van der Waals surface area contributed by atoms with E-state index < -0.39 is 17.4 Å². The third-order valence-electron chi connectivity index (χ3n) is 4.47. The second-order valence-corrected chi connectivity index (χ2v) is 6.98. The molecular formula is C20H32N2O4. The maximum atomic E-state index is 12.2. The zero-order valence-electron chi connectivity index (χ0n) is 15.8. The Kier molecular flexibility index (Phi) is 9.91. The third kappa shape index (κ3) is 7.54. The van der Waals surface area contributed by atoms with Crippen LogP contribution >= 0.6 is 0 Å². The number of nitrogens with one attached hydrogen (secondary N) is 2. The second kappa shape index (κ2) is 11.6. The molecule has 0 aromatic heterocycles. The molecule has 0 saturated heterocycles. The molecule has 0 spiro atoms. The molecule has 146 valence electrons. The predicted octanol–water partition coefficient (Wildman–Crippen LogP) is 1.40. The molecule has 2 amide bonds. The minimum absolute atomic E-state index is 0.120. The van der Waals surface area contributed by atoms with Crippen molar-refractivity contribution < 1.29 is 19.8 Å². The fourth-order valence-electron chi connectivity index (χ4n) is 2.70. The number of carbonyl (C=O) groups is 2. The quantitative estimate of drug-likeness (QED) is 0.421. The van der Waals surface area contributed by atoms with Crippen LogP contribution in [0.3, 0.4) is 0 Å². The molecule has 4 N–H and O–H groups in total. The van der Waals surface area contributed by atoms with Crippen molar-refractivity contribution in [3.8, 4) is 0 Å². The Labute approximate surface area is 156 Å². The van der Waals surface area contributed by atoms with Gasteiger partial charge in [0.25, 0.3) is 0 Å². The molecule has 0 fully saturated rings. The first-order chi connectivity index (χ1) is 12.4. The van der Waals surface area contributed by atoms with Crippen LogP contribution in [0.1, 0.15) is 45.1 Å². The fraction of sp³-hybridized carbons (Fsp3) is 0.600. The topological polar surface area (TPSA) is 98.7 Å². The average Bonchev–Trinajstić information content (AvgIpc) is 2.65. The van der Waals surface area contributed by atoms with Crippen LogP contribution in [0.5, 0.6) is 0 Å². The second-order valence-electron chi connectivity index (χ2n) is 6.98. The van der Waals surface area contributed by atoms with Crippen LogP contribution in [-0.4, -0.2) is 47.8 Å². The van der Waals surface area contributed by atoms with Gasteiger partial charge in [-0.15, -0.1) is 0 Å². The van der Waals surface area contributed by atoms with Crippen LogP contribution in [0.2, 0.25) is 0 Å². The van der Waals surface area contributed by atoms with E-state index in [0.29, 0.717) is 13.0 Å². The fourth-order valence-corrected chi connectivity index (χ4v) is 2.70. The van der Waals surface area contributed by atoms with Crippen LogP contribution in [0.15, 0.2) is 30.3 Å². The molecule has 0 saturated carbocycles. The van der Waals surface area contributed by atoms with Crippen LogP contribution in [-0.2, 0) is 16.0 Å². The highest BCUT2D eigenvalue weighted by Gasteiger charge is 2.37. The zero-order chi connectivity index (χ0) is 19.4. The molecule has 26 heavy (non-hydrogen) atoms. The van der Waals surface area contributed by atoms with Crippen molar-refractivity contribution in [3.05, 3.63) is 35.9 Å². The molecular weight excluding hydrogens is 332 g/mol. The SMILES string of the molecule is CCCCCNC(=O)CCNC(=O)[C@H](O)[C@@](C)(CO)Cc1ccccc1. The Morgan fingerprint density at radius 1 is 1.12 bits per heavy atom. The van der Waals surface area contributed by atoms with Crippen molar-refractivity contribution in [2.24, 2.45) is 5.41 Å². The van der Waals surface area contributed by atoms with Gasteiger partial charge in [-0.25, -0.2) is 0 Å². The van der Waals surface area contributed by atoms with Gasteiger partial charge in [0.2, 0.25) is 11.8 Å². The van der Waals surface area contributed by atoms with E-state index in [1.807, 2.05) is 30.3 Å². The molecule has 6 heteroatoms. The molecule has 1 aromatic carbocycles. The minimum Gasteiger partial charge on any atom is -0.396 e. The van der Waals surface area contributed by atoms with Gasteiger partial charge < -0.3 is 20.8 Å². The summed E-state index contributed by atoms with van der Waals surface area (Å²) in [5.41, 5.74) is -0.0595. The number of hydrogen-bond donors (Lipinski definition) is 4. The van der Waals surface area contributed by atoms with E-state index in [0.717, 1.165) is 24.8 Å². The van der Waals surface area contributed by atoms with Gasteiger partial charge in [0.1, 0.15) is 6.10 Å². The van der Waals surface area contributed by atoms with Crippen molar-refractivity contribution in [1.29, 1.82) is 0 Å². The van der Waals surface area contributed by atoms with Gasteiger partial charge in [-0.2, -0.15) is 0 Å². The third-order valence-corrected chi connectivity index (χ3v) is 4.47. The van der Waals surface area contributed by atoms with E-state index >= 15 is 0 Å². The van der Waals surface area contributed by atoms with Crippen LogP contribution < -0.4 is 10.6 Å². The van der Waals surface area contributed by atoms with E-state index in [-0.39, 0.29) is 25.5 Å². The Bertz CT molecular complexity index is 550. The van der Waals surface area contributed by atoms with Gasteiger partial charge in [0.05, 0.1) is 6.61 Å². The summed E-state index contributed by atoms with van der Waals surface area (Å²) in [6, 6.07) is 9.41.